The molecule has 0 bridgehead atoms. The second-order valence-electron chi connectivity index (χ2n) is 7.11. The minimum atomic E-state index is -0.890. The molecule has 1 aliphatic carbocycles. The van der Waals surface area contributed by atoms with Crippen molar-refractivity contribution in [2.45, 2.75) is 56.7 Å². The van der Waals surface area contributed by atoms with Gasteiger partial charge in [0.2, 0.25) is 0 Å². The average Bonchev–Trinajstić information content (AvgIpc) is 2.89. The first-order chi connectivity index (χ1) is 11.2. The van der Waals surface area contributed by atoms with Gasteiger partial charge in [0, 0.05) is 22.6 Å². The first-order valence-corrected chi connectivity index (χ1v) is 9.71. The molecule has 23 heavy (non-hydrogen) atoms. The maximum atomic E-state index is 11.7. The topological polar surface area (TPSA) is 26.7 Å². The lowest BCUT2D eigenvalue weighted by atomic mass is 9.91. The predicted molar refractivity (Wildman–Crippen MR) is 95.6 cm³/mol. The highest BCUT2D eigenvalue weighted by atomic mass is 79.9. The number of halogens is 1. The first-order valence-electron chi connectivity index (χ1n) is 8.91. The zero-order valence-electron chi connectivity index (χ0n) is 13.5. The first kappa shape index (κ1) is 15.5. The molecule has 0 amide bonds. The van der Waals surface area contributed by atoms with E-state index in [0.717, 1.165) is 23.0 Å². The summed E-state index contributed by atoms with van der Waals surface area (Å²) in [4.78, 5) is 4.74. The quantitative estimate of drug-likeness (QED) is 0.838. The van der Waals surface area contributed by atoms with Crippen molar-refractivity contribution in [2.75, 3.05) is 13.1 Å². The van der Waals surface area contributed by atoms with E-state index in [4.69, 9.17) is 0 Å². The van der Waals surface area contributed by atoms with Gasteiger partial charge in [-0.2, -0.15) is 0 Å². The van der Waals surface area contributed by atoms with Gasteiger partial charge in [0.05, 0.1) is 6.54 Å². The molecule has 124 valence electrons. The standard InChI is InChI=1S/C19H25BrN2O/c20-16-11-9-15(10-12-16)19(23)14-21-13-5-4-8-18(21)22(19)17-6-2-1-3-7-17/h8-12,17,23H,1-7,13-14H2/t19-/m1/s1. The average molecular weight is 377 g/mol. The van der Waals surface area contributed by atoms with Crippen LogP contribution in [0.4, 0.5) is 0 Å². The normalized spacial score (nSPS) is 28.7. The number of allylic oxidation sites excluding steroid dienone is 1. The van der Waals surface area contributed by atoms with Gasteiger partial charge >= 0.3 is 0 Å². The minimum Gasteiger partial charge on any atom is -0.365 e. The molecular formula is C19H25BrN2O. The minimum absolute atomic E-state index is 0.465. The molecule has 0 unspecified atom stereocenters. The molecule has 1 atom stereocenters. The van der Waals surface area contributed by atoms with Crippen LogP contribution < -0.4 is 0 Å². The van der Waals surface area contributed by atoms with E-state index in [1.165, 1.54) is 44.3 Å². The third kappa shape index (κ3) is 2.70. The Labute approximate surface area is 147 Å². The Morgan fingerprint density at radius 3 is 2.52 bits per heavy atom. The largest absolute Gasteiger partial charge is 0.365 e. The molecule has 3 nitrogen and oxygen atoms in total. The highest BCUT2D eigenvalue weighted by Crippen LogP contribution is 2.44. The van der Waals surface area contributed by atoms with Gasteiger partial charge in [-0.15, -0.1) is 0 Å². The van der Waals surface area contributed by atoms with E-state index in [-0.39, 0.29) is 0 Å². The highest BCUT2D eigenvalue weighted by Gasteiger charge is 2.50. The molecule has 4 heteroatoms. The van der Waals surface area contributed by atoms with Crippen molar-refractivity contribution in [3.63, 3.8) is 0 Å². The number of hydrogen-bond acceptors (Lipinski definition) is 3. The van der Waals surface area contributed by atoms with Gasteiger partial charge in [0.15, 0.2) is 5.72 Å². The fourth-order valence-corrected chi connectivity index (χ4v) is 4.74. The molecule has 1 N–H and O–H groups in total. The fraction of sp³-hybridized carbons (Fsp3) is 0.579. The van der Waals surface area contributed by atoms with Crippen LogP contribution in [0.25, 0.3) is 0 Å². The number of nitrogens with zero attached hydrogens (tertiary/aromatic N) is 2. The Bertz CT molecular complexity index is 594. The molecular weight excluding hydrogens is 352 g/mol. The van der Waals surface area contributed by atoms with Crippen molar-refractivity contribution < 1.29 is 5.11 Å². The lowest BCUT2D eigenvalue weighted by Gasteiger charge is -2.42. The maximum absolute atomic E-state index is 11.7. The van der Waals surface area contributed by atoms with E-state index >= 15 is 0 Å². The van der Waals surface area contributed by atoms with Crippen molar-refractivity contribution >= 4 is 15.9 Å². The van der Waals surface area contributed by atoms with Crippen LogP contribution in [0.15, 0.2) is 40.6 Å². The van der Waals surface area contributed by atoms with Crippen LogP contribution in [0.3, 0.4) is 0 Å². The fourth-order valence-electron chi connectivity index (χ4n) is 4.48. The number of aliphatic hydroxyl groups is 1. The molecule has 4 rings (SSSR count). The lowest BCUT2D eigenvalue weighted by Crippen LogP contribution is -2.48. The Morgan fingerprint density at radius 2 is 1.78 bits per heavy atom. The molecule has 2 fully saturated rings. The summed E-state index contributed by atoms with van der Waals surface area (Å²) in [6.45, 7) is 1.75. The van der Waals surface area contributed by atoms with Gasteiger partial charge < -0.3 is 14.9 Å². The monoisotopic (exact) mass is 376 g/mol. The van der Waals surface area contributed by atoms with Crippen molar-refractivity contribution in [2.24, 2.45) is 0 Å². The summed E-state index contributed by atoms with van der Waals surface area (Å²) in [5, 5.41) is 11.7. The van der Waals surface area contributed by atoms with Gasteiger partial charge in [0.1, 0.15) is 5.82 Å². The van der Waals surface area contributed by atoms with Gasteiger partial charge in [0.25, 0.3) is 0 Å². The molecule has 0 spiro atoms. The number of rotatable bonds is 2. The van der Waals surface area contributed by atoms with E-state index in [9.17, 15) is 5.11 Å². The third-order valence-corrected chi connectivity index (χ3v) is 6.11. The smallest absolute Gasteiger partial charge is 0.183 e. The van der Waals surface area contributed by atoms with E-state index in [1.807, 2.05) is 12.1 Å². The van der Waals surface area contributed by atoms with Crippen LogP contribution in [-0.4, -0.2) is 34.0 Å². The van der Waals surface area contributed by atoms with Crippen molar-refractivity contribution in [3.05, 3.63) is 46.2 Å². The van der Waals surface area contributed by atoms with Crippen LogP contribution >= 0.6 is 15.9 Å². The summed E-state index contributed by atoms with van der Waals surface area (Å²) in [5.41, 5.74) is 0.125. The van der Waals surface area contributed by atoms with E-state index < -0.39 is 5.72 Å². The summed E-state index contributed by atoms with van der Waals surface area (Å²) in [7, 11) is 0. The second kappa shape index (κ2) is 6.14. The Balaban J connectivity index is 1.74. The van der Waals surface area contributed by atoms with Crippen LogP contribution in [0, 0.1) is 0 Å². The summed E-state index contributed by atoms with van der Waals surface area (Å²) in [5.74, 6) is 1.27. The van der Waals surface area contributed by atoms with Gasteiger partial charge in [-0.25, -0.2) is 0 Å². The lowest BCUT2D eigenvalue weighted by molar-refractivity contribution is -0.0928. The highest BCUT2D eigenvalue weighted by molar-refractivity contribution is 9.10. The molecule has 1 aromatic carbocycles. The Morgan fingerprint density at radius 1 is 1.04 bits per heavy atom. The summed E-state index contributed by atoms with van der Waals surface area (Å²) in [6.07, 6.45) is 11.0. The summed E-state index contributed by atoms with van der Waals surface area (Å²) >= 11 is 3.51. The molecule has 2 heterocycles. The van der Waals surface area contributed by atoms with Crippen molar-refractivity contribution in [1.29, 1.82) is 0 Å². The van der Waals surface area contributed by atoms with Gasteiger partial charge in [-0.3, -0.25) is 0 Å². The molecule has 0 radical (unpaired) electrons. The maximum Gasteiger partial charge on any atom is 0.183 e. The second-order valence-corrected chi connectivity index (χ2v) is 8.03. The molecule has 3 aliphatic rings. The molecule has 1 aromatic rings. The van der Waals surface area contributed by atoms with Crippen LogP contribution in [0.2, 0.25) is 0 Å². The van der Waals surface area contributed by atoms with E-state index in [0.29, 0.717) is 12.6 Å². The van der Waals surface area contributed by atoms with E-state index in [2.05, 4.69) is 43.9 Å². The zero-order valence-corrected chi connectivity index (χ0v) is 15.1. The van der Waals surface area contributed by atoms with Crippen LogP contribution in [0.5, 0.6) is 0 Å². The van der Waals surface area contributed by atoms with E-state index in [1.54, 1.807) is 0 Å². The summed E-state index contributed by atoms with van der Waals surface area (Å²) in [6, 6.07) is 8.68. The Hall–Kier alpha value is -1.00. The SMILES string of the molecule is O[C@@]1(c2ccc(Br)cc2)CN2CCCC=C2N1C1CCCCC1. The van der Waals surface area contributed by atoms with Gasteiger partial charge in [-0.05, 0) is 43.9 Å². The zero-order chi connectivity index (χ0) is 15.9. The van der Waals surface area contributed by atoms with Crippen molar-refractivity contribution in [1.82, 2.24) is 9.80 Å². The summed E-state index contributed by atoms with van der Waals surface area (Å²) < 4.78 is 1.06. The molecule has 2 aliphatic heterocycles. The van der Waals surface area contributed by atoms with Gasteiger partial charge in [-0.1, -0.05) is 47.3 Å². The Kier molecular flexibility index (Phi) is 4.14. The molecule has 0 aromatic heterocycles. The molecule has 1 saturated heterocycles. The molecule has 1 saturated carbocycles. The predicted octanol–water partition coefficient (Wildman–Crippen LogP) is 4.18. The third-order valence-electron chi connectivity index (χ3n) is 5.59. The van der Waals surface area contributed by atoms with Crippen LogP contribution in [0.1, 0.15) is 50.5 Å². The number of hydrogen-bond donors (Lipinski definition) is 1. The van der Waals surface area contributed by atoms with Crippen molar-refractivity contribution in [3.8, 4) is 0 Å². The number of benzene rings is 1. The number of fused-ring (bicyclic) bond motifs is 1. The van der Waals surface area contributed by atoms with Crippen LogP contribution in [-0.2, 0) is 5.72 Å².